The number of primary amides is 1. The number of hydrogen-bond donors (Lipinski definition) is 2. The number of amides is 1. The second-order valence-corrected chi connectivity index (χ2v) is 4.01. The van der Waals surface area contributed by atoms with Crippen LogP contribution in [0, 0.1) is 5.92 Å². The first-order valence-corrected chi connectivity index (χ1v) is 5.32. The number of carbonyl (C=O) groups is 1. The van der Waals surface area contributed by atoms with Crippen LogP contribution in [0.3, 0.4) is 0 Å². The van der Waals surface area contributed by atoms with E-state index >= 15 is 0 Å². The summed E-state index contributed by atoms with van der Waals surface area (Å²) in [6.45, 7) is 0. The second-order valence-electron chi connectivity index (χ2n) is 3.30. The van der Waals surface area contributed by atoms with Gasteiger partial charge in [-0.05, 0) is 25.7 Å². The Balaban J connectivity index is 2.30. The summed E-state index contributed by atoms with van der Waals surface area (Å²) >= 11 is -2.20. The maximum Gasteiger partial charge on any atom is 0.220 e. The zero-order valence-corrected chi connectivity index (χ0v) is 8.01. The third kappa shape index (κ3) is 3.41. The molecule has 0 aromatic heterocycles. The average Bonchev–Trinajstić information content (AvgIpc) is 2.04. The third-order valence-corrected chi connectivity index (χ3v) is 2.92. The van der Waals surface area contributed by atoms with E-state index in [1.54, 1.807) is 0 Å². The lowest BCUT2D eigenvalue weighted by molar-refractivity contribution is -0.122. The van der Waals surface area contributed by atoms with Crippen molar-refractivity contribution in [1.29, 1.82) is 0 Å². The molecule has 1 amide bonds. The number of carbonyl (C=O) groups excluding carboxylic acids is 1. The SMILES string of the molecule is NC(=O)C1CCC(NS(=O)[O-])CC1. The summed E-state index contributed by atoms with van der Waals surface area (Å²) in [6, 6.07) is -0.0195. The van der Waals surface area contributed by atoms with Gasteiger partial charge in [-0.15, -0.1) is 0 Å². The van der Waals surface area contributed by atoms with Gasteiger partial charge in [0.1, 0.15) is 0 Å². The zero-order valence-electron chi connectivity index (χ0n) is 7.19. The minimum atomic E-state index is -2.20. The van der Waals surface area contributed by atoms with Crippen molar-refractivity contribution in [3.8, 4) is 0 Å². The summed E-state index contributed by atoms with van der Waals surface area (Å²) in [4.78, 5) is 10.8. The Kier molecular flexibility index (Phi) is 3.83. The highest BCUT2D eigenvalue weighted by atomic mass is 32.2. The molecule has 1 aliphatic rings. The Hall–Kier alpha value is -0.460. The van der Waals surface area contributed by atoms with E-state index in [4.69, 9.17) is 5.73 Å². The van der Waals surface area contributed by atoms with Crippen molar-refractivity contribution in [2.24, 2.45) is 11.7 Å². The summed E-state index contributed by atoms with van der Waals surface area (Å²) in [5.41, 5.74) is 5.13. The quantitative estimate of drug-likeness (QED) is 0.603. The van der Waals surface area contributed by atoms with Gasteiger partial charge in [-0.1, -0.05) is 0 Å². The zero-order chi connectivity index (χ0) is 9.84. The smallest absolute Gasteiger partial charge is 0.220 e. The van der Waals surface area contributed by atoms with Crippen molar-refractivity contribution >= 4 is 17.2 Å². The maximum absolute atomic E-state index is 10.8. The highest BCUT2D eigenvalue weighted by Crippen LogP contribution is 2.23. The van der Waals surface area contributed by atoms with E-state index in [2.05, 4.69) is 4.72 Å². The summed E-state index contributed by atoms with van der Waals surface area (Å²) in [5, 5.41) is 0. The molecule has 0 heterocycles. The fourth-order valence-corrected chi connectivity index (χ4v) is 2.14. The molecule has 0 bridgehead atoms. The van der Waals surface area contributed by atoms with Crippen LogP contribution >= 0.6 is 0 Å². The molecule has 6 heteroatoms. The molecule has 1 saturated carbocycles. The molecule has 1 fully saturated rings. The van der Waals surface area contributed by atoms with Crippen LogP contribution in [-0.2, 0) is 16.1 Å². The first-order chi connectivity index (χ1) is 6.09. The van der Waals surface area contributed by atoms with Crippen LogP contribution in [0.2, 0.25) is 0 Å². The normalized spacial score (nSPS) is 31.2. The largest absolute Gasteiger partial charge is 0.760 e. The Morgan fingerprint density at radius 2 is 1.92 bits per heavy atom. The van der Waals surface area contributed by atoms with E-state index < -0.39 is 11.3 Å². The minimum absolute atomic E-state index is 0.0195. The summed E-state index contributed by atoms with van der Waals surface area (Å²) in [7, 11) is 0. The van der Waals surface area contributed by atoms with E-state index in [-0.39, 0.29) is 17.9 Å². The fourth-order valence-electron chi connectivity index (χ4n) is 1.63. The molecule has 0 aromatic carbocycles. The molecule has 76 valence electrons. The van der Waals surface area contributed by atoms with Gasteiger partial charge in [0.2, 0.25) is 5.91 Å². The number of rotatable bonds is 3. The van der Waals surface area contributed by atoms with Gasteiger partial charge in [0.15, 0.2) is 0 Å². The van der Waals surface area contributed by atoms with Crippen LogP contribution < -0.4 is 10.5 Å². The third-order valence-electron chi connectivity index (χ3n) is 2.39. The molecule has 1 unspecified atom stereocenters. The standard InChI is InChI=1S/C7H14N2O3S/c8-7(10)5-1-3-6(4-2-5)9-13(11)12/h5-6,9H,1-4H2,(H2,8,10)(H,11,12)/p-1. The van der Waals surface area contributed by atoms with Crippen molar-refractivity contribution < 1.29 is 13.6 Å². The van der Waals surface area contributed by atoms with Crippen LogP contribution in [0.1, 0.15) is 25.7 Å². The van der Waals surface area contributed by atoms with Crippen LogP contribution in [0.25, 0.3) is 0 Å². The Morgan fingerprint density at radius 3 is 2.31 bits per heavy atom. The fraction of sp³-hybridized carbons (Fsp3) is 0.857. The molecule has 0 aromatic rings. The van der Waals surface area contributed by atoms with Gasteiger partial charge >= 0.3 is 0 Å². The Morgan fingerprint density at radius 1 is 1.38 bits per heavy atom. The lowest BCUT2D eigenvalue weighted by Gasteiger charge is -2.27. The summed E-state index contributed by atoms with van der Waals surface area (Å²) < 4.78 is 23.0. The Labute approximate surface area is 79.5 Å². The summed E-state index contributed by atoms with van der Waals surface area (Å²) in [6.07, 6.45) is 2.76. The highest BCUT2D eigenvalue weighted by Gasteiger charge is 2.24. The topological polar surface area (TPSA) is 95.2 Å². The molecule has 1 atom stereocenters. The van der Waals surface area contributed by atoms with Crippen LogP contribution in [0.5, 0.6) is 0 Å². The van der Waals surface area contributed by atoms with Gasteiger partial charge < -0.3 is 10.3 Å². The van der Waals surface area contributed by atoms with Crippen molar-refractivity contribution in [1.82, 2.24) is 4.72 Å². The van der Waals surface area contributed by atoms with Gasteiger partial charge in [0.25, 0.3) is 0 Å². The average molecular weight is 205 g/mol. The van der Waals surface area contributed by atoms with E-state index in [0.29, 0.717) is 25.7 Å². The van der Waals surface area contributed by atoms with Gasteiger partial charge in [-0.3, -0.25) is 9.00 Å². The van der Waals surface area contributed by atoms with Crippen molar-refractivity contribution in [3.63, 3.8) is 0 Å². The van der Waals surface area contributed by atoms with Crippen LogP contribution in [-0.4, -0.2) is 20.7 Å². The van der Waals surface area contributed by atoms with Crippen molar-refractivity contribution in [2.45, 2.75) is 31.7 Å². The number of hydrogen-bond acceptors (Lipinski definition) is 3. The van der Waals surface area contributed by atoms with E-state index in [0.717, 1.165) is 0 Å². The molecule has 0 radical (unpaired) electrons. The van der Waals surface area contributed by atoms with Gasteiger partial charge in [-0.2, -0.15) is 0 Å². The van der Waals surface area contributed by atoms with Crippen molar-refractivity contribution in [3.05, 3.63) is 0 Å². The lowest BCUT2D eigenvalue weighted by Crippen LogP contribution is -2.37. The molecular weight excluding hydrogens is 192 g/mol. The monoisotopic (exact) mass is 205 g/mol. The highest BCUT2D eigenvalue weighted by molar-refractivity contribution is 7.77. The molecule has 3 N–H and O–H groups in total. The predicted octanol–water partition coefficient (Wildman–Crippen LogP) is -0.586. The molecule has 0 spiro atoms. The van der Waals surface area contributed by atoms with Crippen molar-refractivity contribution in [2.75, 3.05) is 0 Å². The van der Waals surface area contributed by atoms with E-state index in [1.165, 1.54) is 0 Å². The molecule has 1 aliphatic carbocycles. The molecule has 1 rings (SSSR count). The lowest BCUT2D eigenvalue weighted by atomic mass is 9.86. The first-order valence-electron chi connectivity index (χ1n) is 4.24. The molecule has 0 saturated heterocycles. The van der Waals surface area contributed by atoms with E-state index in [1.807, 2.05) is 0 Å². The number of nitrogens with two attached hydrogens (primary N) is 1. The predicted molar refractivity (Wildman–Crippen MR) is 47.0 cm³/mol. The van der Waals surface area contributed by atoms with Crippen LogP contribution in [0.4, 0.5) is 0 Å². The van der Waals surface area contributed by atoms with Gasteiger partial charge in [0, 0.05) is 23.2 Å². The molecule has 0 aliphatic heterocycles. The Bertz CT molecular complexity index is 214. The first kappa shape index (κ1) is 10.6. The van der Waals surface area contributed by atoms with Gasteiger partial charge in [-0.25, -0.2) is 4.72 Å². The summed E-state index contributed by atoms with van der Waals surface area (Å²) in [5.74, 6) is -0.347. The number of nitrogens with one attached hydrogen (secondary N) is 1. The van der Waals surface area contributed by atoms with Crippen LogP contribution in [0.15, 0.2) is 0 Å². The second kappa shape index (κ2) is 4.69. The maximum atomic E-state index is 10.8. The minimum Gasteiger partial charge on any atom is -0.760 e. The van der Waals surface area contributed by atoms with Gasteiger partial charge in [0.05, 0.1) is 0 Å². The molecular formula is C7H13N2O3S-. The molecule has 5 nitrogen and oxygen atoms in total. The van der Waals surface area contributed by atoms with E-state index in [9.17, 15) is 13.6 Å². The molecule has 13 heavy (non-hydrogen) atoms.